The van der Waals surface area contributed by atoms with Gasteiger partial charge in [0, 0.05) is 76.5 Å². The van der Waals surface area contributed by atoms with Gasteiger partial charge in [-0.15, -0.1) is 0 Å². The summed E-state index contributed by atoms with van der Waals surface area (Å²) < 4.78 is 25.1. The number of piperidine rings is 2. The van der Waals surface area contributed by atoms with Crippen molar-refractivity contribution < 1.29 is 42.9 Å². The fraction of sp³-hybridized carbons (Fsp3) is 0.451. The molecule has 9 rings (SSSR count). The number of amides is 5. The molecule has 5 amide bonds. The lowest BCUT2D eigenvalue weighted by Gasteiger charge is -2.35. The molecule has 0 aliphatic carbocycles. The second-order valence-corrected chi connectivity index (χ2v) is 18.1. The van der Waals surface area contributed by atoms with Crippen LogP contribution >= 0.6 is 0 Å². The van der Waals surface area contributed by atoms with Crippen molar-refractivity contribution in [3.63, 3.8) is 0 Å². The number of ether oxygens (including phenoxy) is 4. The number of anilines is 2. The maximum Gasteiger partial charge on any atom is 0.264 e. The first-order valence-electron chi connectivity index (χ1n) is 24.6. The molecule has 4 aliphatic rings. The predicted octanol–water partition coefficient (Wildman–Crippen LogP) is 3.99. The molecular weight excluding hydrogens is 911 g/mol. The van der Waals surface area contributed by atoms with Crippen molar-refractivity contribution in [3.05, 3.63) is 90.3 Å². The summed E-state index contributed by atoms with van der Waals surface area (Å²) in [4.78, 5) is 80.5. The predicted molar refractivity (Wildman–Crippen MR) is 263 cm³/mol. The highest BCUT2D eigenvalue weighted by molar-refractivity contribution is 6.25. The van der Waals surface area contributed by atoms with Crippen molar-refractivity contribution in [1.29, 1.82) is 0 Å². The molecule has 20 nitrogen and oxygen atoms in total. The lowest BCUT2D eigenvalue weighted by atomic mass is 10.0. The van der Waals surface area contributed by atoms with Gasteiger partial charge in [0.1, 0.15) is 35.4 Å². The Bertz CT molecular complexity index is 2680. The summed E-state index contributed by atoms with van der Waals surface area (Å²) in [7, 11) is 0. The van der Waals surface area contributed by atoms with E-state index in [4.69, 9.17) is 29.8 Å². The number of nitrogens with two attached hydrogens (primary N) is 1. The third kappa shape index (κ3) is 11.9. The zero-order valence-electron chi connectivity index (χ0n) is 39.8. The van der Waals surface area contributed by atoms with E-state index < -0.39 is 29.7 Å². The number of imide groups is 2. The van der Waals surface area contributed by atoms with Crippen LogP contribution in [-0.2, 0) is 28.6 Å². The molecule has 4 N–H and O–H groups in total. The number of likely N-dealkylation sites (tertiary alicyclic amines) is 1. The monoisotopic (exact) mass is 971 g/mol. The van der Waals surface area contributed by atoms with Crippen LogP contribution < -0.4 is 21.1 Å². The zero-order valence-corrected chi connectivity index (χ0v) is 39.8. The third-order valence-corrected chi connectivity index (χ3v) is 13.4. The standard InChI is InChI=1S/C51H61N11O9/c52-47-45-46(35-13-15-38(16-14-35)71-37-8-2-1-3-9-37)57-62(48(45)55-34-54-47)36-7-5-21-60(33-36)43(64)12-6-20-58-22-24-59(25-23-58)26-28-69-30-32-70-31-29-68-27-19-53-40-11-4-10-39-44(40)51(67)61(50(39)66)41-17-18-42(63)56-49(41)65/h1-4,8-11,13-16,34,36,41,53H,5-7,12,17-33H2,(H2,52,54,55)(H,56,63,65)/t36-,41?/m1/s1. The minimum absolute atomic E-state index is 0.0379. The number of nitrogens with one attached hydrogen (secondary N) is 2. The van der Waals surface area contributed by atoms with Crippen LogP contribution in [0.25, 0.3) is 22.3 Å². The lowest BCUT2D eigenvalue weighted by molar-refractivity contribution is -0.136. The number of nitrogen functional groups attached to an aromatic ring is 1. The third-order valence-electron chi connectivity index (χ3n) is 13.4. The summed E-state index contributed by atoms with van der Waals surface area (Å²) in [6.07, 6.45) is 4.70. The van der Waals surface area contributed by atoms with Crippen molar-refractivity contribution in [2.24, 2.45) is 0 Å². The summed E-state index contributed by atoms with van der Waals surface area (Å²) in [6, 6.07) is 21.3. The average Bonchev–Trinajstić information content (AvgIpc) is 3.90. The first-order chi connectivity index (χ1) is 34.7. The zero-order chi connectivity index (χ0) is 49.1. The first kappa shape index (κ1) is 49.2. The van der Waals surface area contributed by atoms with Gasteiger partial charge in [-0.25, -0.2) is 14.6 Å². The molecule has 0 saturated carbocycles. The van der Waals surface area contributed by atoms with E-state index in [1.54, 1.807) is 18.2 Å². The Labute approximate surface area is 411 Å². The number of para-hydroxylation sites is 1. The van der Waals surface area contributed by atoms with E-state index in [2.05, 4.69) is 30.4 Å². The lowest BCUT2D eigenvalue weighted by Crippen LogP contribution is -2.54. The molecule has 1 unspecified atom stereocenters. The fourth-order valence-corrected chi connectivity index (χ4v) is 9.64. The molecule has 3 aromatic carbocycles. The van der Waals surface area contributed by atoms with E-state index in [1.165, 1.54) is 6.33 Å². The largest absolute Gasteiger partial charge is 0.457 e. The average molecular weight is 972 g/mol. The van der Waals surface area contributed by atoms with Crippen LogP contribution in [0.2, 0.25) is 0 Å². The van der Waals surface area contributed by atoms with E-state index in [1.807, 2.05) is 64.2 Å². The molecule has 374 valence electrons. The van der Waals surface area contributed by atoms with Crippen LogP contribution in [0.1, 0.15) is 65.3 Å². The molecule has 6 heterocycles. The van der Waals surface area contributed by atoms with Gasteiger partial charge in [-0.05, 0) is 80.8 Å². The van der Waals surface area contributed by atoms with Gasteiger partial charge >= 0.3 is 0 Å². The van der Waals surface area contributed by atoms with Gasteiger partial charge in [-0.2, -0.15) is 5.10 Å². The van der Waals surface area contributed by atoms with Crippen molar-refractivity contribution in [2.75, 3.05) is 110 Å². The minimum atomic E-state index is -1.02. The highest BCUT2D eigenvalue weighted by Crippen LogP contribution is 2.36. The van der Waals surface area contributed by atoms with Gasteiger partial charge in [0.2, 0.25) is 17.7 Å². The molecule has 2 atom stereocenters. The van der Waals surface area contributed by atoms with Gasteiger partial charge in [0.05, 0.1) is 62.2 Å². The normalized spacial score (nSPS) is 18.8. The molecule has 0 bridgehead atoms. The number of nitrogens with zero attached hydrogens (tertiary/aromatic N) is 8. The molecule has 3 fully saturated rings. The molecule has 2 aromatic heterocycles. The Kier molecular flexibility index (Phi) is 16.2. The summed E-state index contributed by atoms with van der Waals surface area (Å²) in [5, 5.41) is 11.1. The van der Waals surface area contributed by atoms with Gasteiger partial charge in [-0.1, -0.05) is 24.3 Å². The Balaban J connectivity index is 0.616. The molecular formula is C51H61N11O9. The second-order valence-electron chi connectivity index (χ2n) is 18.1. The number of carbonyl (C=O) groups is 5. The summed E-state index contributed by atoms with van der Waals surface area (Å²) in [5.41, 5.74) is 9.60. The topological polar surface area (TPSA) is 229 Å². The molecule has 20 heteroatoms. The second kappa shape index (κ2) is 23.4. The summed E-state index contributed by atoms with van der Waals surface area (Å²) >= 11 is 0. The van der Waals surface area contributed by atoms with Crippen LogP contribution in [0.5, 0.6) is 11.5 Å². The number of benzene rings is 3. The van der Waals surface area contributed by atoms with Gasteiger partial charge in [0.15, 0.2) is 5.65 Å². The van der Waals surface area contributed by atoms with E-state index in [0.29, 0.717) is 93.1 Å². The summed E-state index contributed by atoms with van der Waals surface area (Å²) in [6.45, 7) is 9.92. The van der Waals surface area contributed by atoms with Crippen LogP contribution in [-0.4, -0.2) is 173 Å². The van der Waals surface area contributed by atoms with Crippen LogP contribution in [0.15, 0.2) is 79.1 Å². The van der Waals surface area contributed by atoms with E-state index in [0.717, 1.165) is 81.3 Å². The van der Waals surface area contributed by atoms with E-state index in [9.17, 15) is 24.0 Å². The molecule has 3 saturated heterocycles. The van der Waals surface area contributed by atoms with Crippen molar-refractivity contribution >= 4 is 52.1 Å². The Hall–Kier alpha value is -6.84. The molecule has 0 spiro atoms. The fourth-order valence-electron chi connectivity index (χ4n) is 9.64. The quantitative estimate of drug-likeness (QED) is 0.0658. The van der Waals surface area contributed by atoms with E-state index >= 15 is 0 Å². The number of hydrogen-bond donors (Lipinski definition) is 3. The van der Waals surface area contributed by atoms with Crippen LogP contribution in [0.3, 0.4) is 0 Å². The Morgan fingerprint density at radius 2 is 1.48 bits per heavy atom. The van der Waals surface area contributed by atoms with Crippen molar-refractivity contribution in [2.45, 2.75) is 50.6 Å². The molecule has 4 aliphatic heterocycles. The minimum Gasteiger partial charge on any atom is -0.457 e. The number of fused-ring (bicyclic) bond motifs is 2. The van der Waals surface area contributed by atoms with Crippen molar-refractivity contribution in [3.8, 4) is 22.8 Å². The summed E-state index contributed by atoms with van der Waals surface area (Å²) in [5.74, 6) is -0.152. The molecule has 0 radical (unpaired) electrons. The van der Waals surface area contributed by atoms with Crippen molar-refractivity contribution in [1.82, 2.24) is 44.7 Å². The highest BCUT2D eigenvalue weighted by atomic mass is 16.5. The maximum atomic E-state index is 13.6. The maximum absolute atomic E-state index is 13.6. The Morgan fingerprint density at radius 1 is 0.761 bits per heavy atom. The smallest absolute Gasteiger partial charge is 0.264 e. The van der Waals surface area contributed by atoms with Crippen LogP contribution in [0, 0.1) is 0 Å². The Morgan fingerprint density at radius 3 is 2.24 bits per heavy atom. The van der Waals surface area contributed by atoms with Gasteiger partial charge in [-0.3, -0.25) is 39.1 Å². The molecule has 71 heavy (non-hydrogen) atoms. The highest BCUT2D eigenvalue weighted by Gasteiger charge is 2.45. The number of carbonyl (C=O) groups excluding carboxylic acids is 5. The number of hydrogen-bond acceptors (Lipinski definition) is 16. The van der Waals surface area contributed by atoms with E-state index in [-0.39, 0.29) is 35.9 Å². The number of aromatic nitrogens is 4. The number of rotatable bonds is 22. The van der Waals surface area contributed by atoms with Crippen LogP contribution in [0.4, 0.5) is 11.5 Å². The number of piperazine rings is 1. The first-order valence-corrected chi connectivity index (χ1v) is 24.6. The SMILES string of the molecule is Nc1ncnc2c1c(-c1ccc(Oc3ccccc3)cc1)nn2[C@@H]1CCCN(C(=O)CCCN2CCN(CCOCCOCCOCCNc3cccc4c3C(=O)N(C3CCC(=O)NC3=O)C4=O)CC2)C1. The van der Waals surface area contributed by atoms with Gasteiger partial charge < -0.3 is 39.8 Å². The van der Waals surface area contributed by atoms with Gasteiger partial charge in [0.25, 0.3) is 11.8 Å². The molecule has 5 aromatic rings.